The van der Waals surface area contributed by atoms with Crippen LogP contribution in [0.2, 0.25) is 0 Å². The third-order valence-electron chi connectivity index (χ3n) is 6.56. The fraction of sp³-hybridized carbons (Fsp3) is 0.179. The predicted octanol–water partition coefficient (Wildman–Crippen LogP) is 5.40. The van der Waals surface area contributed by atoms with Crippen LogP contribution in [0.25, 0.3) is 22.3 Å². The molecule has 1 aliphatic rings. The fourth-order valence-electron chi connectivity index (χ4n) is 4.75. The Hall–Kier alpha value is -4.19. The summed E-state index contributed by atoms with van der Waals surface area (Å²) in [6, 6.07) is 22.5. The Labute approximate surface area is 197 Å². The summed E-state index contributed by atoms with van der Waals surface area (Å²) in [4.78, 5) is 21.1. The SMILES string of the molecule is Cc1ccc2nc(CCc3ccc(NC(=O)c4[nH]nc5c4CCc4ccccc4-5)cc3)[nH]c2c1. The summed E-state index contributed by atoms with van der Waals surface area (Å²) in [5.74, 6) is 0.835. The molecule has 0 radical (unpaired) electrons. The standard InChI is InChI=1S/C28H25N5O/c1-17-6-14-23-24(16-17)31-25(30-23)15-9-18-7-11-20(12-8-18)29-28(34)27-22-13-10-19-4-2-3-5-21(19)26(22)32-33-27/h2-8,11-12,14,16H,9-10,13,15H2,1H3,(H,29,34)(H,30,31)(H,32,33). The lowest BCUT2D eigenvalue weighted by Gasteiger charge is -2.15. The molecule has 2 aromatic heterocycles. The van der Waals surface area contributed by atoms with Gasteiger partial charge >= 0.3 is 0 Å². The van der Waals surface area contributed by atoms with Gasteiger partial charge in [-0.2, -0.15) is 5.10 Å². The first-order chi connectivity index (χ1) is 16.6. The predicted molar refractivity (Wildman–Crippen MR) is 134 cm³/mol. The van der Waals surface area contributed by atoms with E-state index in [4.69, 9.17) is 0 Å². The Morgan fingerprint density at radius 3 is 2.74 bits per heavy atom. The van der Waals surface area contributed by atoms with Gasteiger partial charge in [0.05, 0.1) is 16.7 Å². The second-order valence-electron chi connectivity index (χ2n) is 8.94. The number of rotatable bonds is 5. The molecule has 6 nitrogen and oxygen atoms in total. The molecule has 3 aromatic carbocycles. The van der Waals surface area contributed by atoms with Gasteiger partial charge < -0.3 is 10.3 Å². The first-order valence-corrected chi connectivity index (χ1v) is 11.6. The van der Waals surface area contributed by atoms with Crippen LogP contribution in [-0.2, 0) is 25.7 Å². The molecule has 0 unspecified atom stereocenters. The van der Waals surface area contributed by atoms with Crippen LogP contribution < -0.4 is 5.32 Å². The topological polar surface area (TPSA) is 86.5 Å². The number of carbonyl (C=O) groups excluding carboxylic acids is 1. The van der Waals surface area contributed by atoms with E-state index < -0.39 is 0 Å². The third kappa shape index (κ3) is 3.77. The lowest BCUT2D eigenvalue weighted by Crippen LogP contribution is -2.15. The maximum absolute atomic E-state index is 13.0. The minimum Gasteiger partial charge on any atom is -0.342 e. The molecule has 6 rings (SSSR count). The van der Waals surface area contributed by atoms with Crippen LogP contribution in [0.1, 0.15) is 38.6 Å². The van der Waals surface area contributed by atoms with Crippen LogP contribution in [0.3, 0.4) is 0 Å². The quantitative estimate of drug-likeness (QED) is 0.337. The number of nitrogens with one attached hydrogen (secondary N) is 3. The maximum atomic E-state index is 13.0. The monoisotopic (exact) mass is 447 g/mol. The molecule has 0 atom stereocenters. The zero-order valence-electron chi connectivity index (χ0n) is 19.0. The second kappa shape index (κ2) is 8.30. The molecular formula is C28H25N5O. The Kier molecular flexibility index (Phi) is 4.99. The van der Waals surface area contributed by atoms with Gasteiger partial charge in [0.2, 0.25) is 0 Å². The van der Waals surface area contributed by atoms with Crippen LogP contribution in [0.15, 0.2) is 66.7 Å². The number of nitrogens with zero attached hydrogens (tertiary/aromatic N) is 2. The molecule has 6 heteroatoms. The maximum Gasteiger partial charge on any atom is 0.273 e. The number of anilines is 1. The molecule has 0 aliphatic heterocycles. The van der Waals surface area contributed by atoms with E-state index in [0.29, 0.717) is 5.69 Å². The summed E-state index contributed by atoms with van der Waals surface area (Å²) >= 11 is 0. The molecular weight excluding hydrogens is 422 g/mol. The van der Waals surface area contributed by atoms with Gasteiger partial charge in [0, 0.05) is 23.2 Å². The van der Waals surface area contributed by atoms with Gasteiger partial charge in [-0.3, -0.25) is 9.89 Å². The Bertz CT molecular complexity index is 1510. The summed E-state index contributed by atoms with van der Waals surface area (Å²) in [7, 11) is 0. The van der Waals surface area contributed by atoms with E-state index in [1.165, 1.54) is 16.7 Å². The van der Waals surface area contributed by atoms with E-state index in [1.54, 1.807) is 0 Å². The number of hydrogen-bond donors (Lipinski definition) is 3. The van der Waals surface area contributed by atoms with Crippen molar-refractivity contribution in [1.29, 1.82) is 0 Å². The van der Waals surface area contributed by atoms with Crippen LogP contribution >= 0.6 is 0 Å². The number of hydrogen-bond acceptors (Lipinski definition) is 3. The average molecular weight is 448 g/mol. The molecule has 3 N–H and O–H groups in total. The summed E-state index contributed by atoms with van der Waals surface area (Å²) in [5, 5.41) is 10.4. The van der Waals surface area contributed by atoms with Crippen LogP contribution in [-0.4, -0.2) is 26.1 Å². The van der Waals surface area contributed by atoms with Crippen LogP contribution in [0.4, 0.5) is 5.69 Å². The molecule has 0 saturated carbocycles. The average Bonchev–Trinajstić information content (AvgIpc) is 3.47. The number of carbonyl (C=O) groups is 1. The highest BCUT2D eigenvalue weighted by Gasteiger charge is 2.25. The van der Waals surface area contributed by atoms with Crippen LogP contribution in [0, 0.1) is 6.92 Å². The lowest BCUT2D eigenvalue weighted by molar-refractivity contribution is 0.102. The van der Waals surface area contributed by atoms with Gasteiger partial charge in [0.15, 0.2) is 0 Å². The van der Waals surface area contributed by atoms with Crippen molar-refractivity contribution in [2.75, 3.05) is 5.32 Å². The van der Waals surface area contributed by atoms with Crippen molar-refractivity contribution in [1.82, 2.24) is 20.2 Å². The van der Waals surface area contributed by atoms with E-state index in [2.05, 4.69) is 74.9 Å². The van der Waals surface area contributed by atoms with Crippen LogP contribution in [0.5, 0.6) is 0 Å². The number of aromatic nitrogens is 4. The van der Waals surface area contributed by atoms with E-state index in [1.807, 2.05) is 24.3 Å². The molecule has 2 heterocycles. The molecule has 0 fully saturated rings. The first-order valence-electron chi connectivity index (χ1n) is 11.6. The normalized spacial score (nSPS) is 12.4. The number of benzene rings is 3. The number of amides is 1. The number of fused-ring (bicyclic) bond motifs is 4. The van der Waals surface area contributed by atoms with E-state index in [-0.39, 0.29) is 5.91 Å². The number of aromatic amines is 2. The van der Waals surface area contributed by atoms with Gasteiger partial charge in [-0.15, -0.1) is 0 Å². The van der Waals surface area contributed by atoms with Gasteiger partial charge in [0.1, 0.15) is 11.5 Å². The number of imidazole rings is 1. The Morgan fingerprint density at radius 1 is 1.00 bits per heavy atom. The molecule has 0 bridgehead atoms. The molecule has 5 aromatic rings. The summed E-state index contributed by atoms with van der Waals surface area (Å²) < 4.78 is 0. The van der Waals surface area contributed by atoms with Crippen molar-refractivity contribution in [3.8, 4) is 11.3 Å². The zero-order chi connectivity index (χ0) is 23.1. The van der Waals surface area contributed by atoms with Crippen molar-refractivity contribution >= 4 is 22.6 Å². The minimum absolute atomic E-state index is 0.154. The molecule has 1 aliphatic carbocycles. The van der Waals surface area contributed by atoms with Crippen molar-refractivity contribution < 1.29 is 4.79 Å². The third-order valence-corrected chi connectivity index (χ3v) is 6.56. The summed E-state index contributed by atoms with van der Waals surface area (Å²) in [6.07, 6.45) is 3.44. The zero-order valence-corrected chi connectivity index (χ0v) is 19.0. The molecule has 168 valence electrons. The molecule has 1 amide bonds. The van der Waals surface area contributed by atoms with Gasteiger partial charge in [0.25, 0.3) is 5.91 Å². The highest BCUT2D eigenvalue weighted by atomic mass is 16.1. The van der Waals surface area contributed by atoms with Gasteiger partial charge in [-0.1, -0.05) is 42.5 Å². The van der Waals surface area contributed by atoms with E-state index in [9.17, 15) is 4.79 Å². The Morgan fingerprint density at radius 2 is 1.85 bits per heavy atom. The van der Waals surface area contributed by atoms with Crippen molar-refractivity contribution in [2.24, 2.45) is 0 Å². The lowest BCUT2D eigenvalue weighted by atomic mass is 9.89. The van der Waals surface area contributed by atoms with Crippen molar-refractivity contribution in [3.63, 3.8) is 0 Å². The molecule has 34 heavy (non-hydrogen) atoms. The summed E-state index contributed by atoms with van der Waals surface area (Å²) in [5.41, 5.74) is 10.1. The van der Waals surface area contributed by atoms with Crippen molar-refractivity contribution in [2.45, 2.75) is 32.6 Å². The molecule has 0 spiro atoms. The summed E-state index contributed by atoms with van der Waals surface area (Å²) in [6.45, 7) is 2.08. The second-order valence-corrected chi connectivity index (χ2v) is 8.94. The molecule has 0 saturated heterocycles. The fourth-order valence-corrected chi connectivity index (χ4v) is 4.75. The Balaban J connectivity index is 1.12. The van der Waals surface area contributed by atoms with Gasteiger partial charge in [-0.25, -0.2) is 4.98 Å². The highest BCUT2D eigenvalue weighted by Crippen LogP contribution is 2.33. The number of H-pyrrole nitrogens is 2. The smallest absolute Gasteiger partial charge is 0.273 e. The van der Waals surface area contributed by atoms with Crippen molar-refractivity contribution in [3.05, 3.63) is 101 Å². The van der Waals surface area contributed by atoms with E-state index >= 15 is 0 Å². The number of aryl methyl sites for hydroxylation is 4. The largest absolute Gasteiger partial charge is 0.342 e. The minimum atomic E-state index is -0.154. The van der Waals surface area contributed by atoms with E-state index in [0.717, 1.165) is 65.0 Å². The highest BCUT2D eigenvalue weighted by molar-refractivity contribution is 6.05. The first kappa shape index (κ1) is 20.4. The van der Waals surface area contributed by atoms with Gasteiger partial charge in [-0.05, 0) is 67.1 Å².